The quantitative estimate of drug-likeness (QED) is 0.717. The van der Waals surface area contributed by atoms with Gasteiger partial charge in [-0.3, -0.25) is 0 Å². The van der Waals surface area contributed by atoms with Gasteiger partial charge in [0.15, 0.2) is 0 Å². The molecule has 3 nitrogen and oxygen atoms in total. The second-order valence-corrected chi connectivity index (χ2v) is 5.22. The van der Waals surface area contributed by atoms with Crippen molar-refractivity contribution < 1.29 is 4.39 Å². The lowest BCUT2D eigenvalue weighted by Crippen LogP contribution is -2.51. The average Bonchev–Trinajstić information content (AvgIpc) is 2.32. The number of likely N-dealkylation sites (tertiary alicyclic amines) is 1. The highest BCUT2D eigenvalue weighted by molar-refractivity contribution is 5.56. The Hall–Kier alpha value is -1.13. The fraction of sp³-hybridized carbons (Fsp3) is 0.538. The van der Waals surface area contributed by atoms with E-state index in [4.69, 9.17) is 5.73 Å². The Kier molecular flexibility index (Phi) is 2.56. The molecule has 17 heavy (non-hydrogen) atoms. The molecule has 1 aromatic rings. The van der Waals surface area contributed by atoms with Gasteiger partial charge in [0.1, 0.15) is 5.82 Å². The van der Waals surface area contributed by atoms with Crippen LogP contribution in [0.15, 0.2) is 18.2 Å². The molecule has 2 heterocycles. The molecule has 3 rings (SSSR count). The number of piperidine rings is 1. The number of fused-ring (bicyclic) bond motifs is 2. The molecule has 92 valence electrons. The van der Waals surface area contributed by atoms with E-state index >= 15 is 0 Å². The number of nitrogens with two attached hydrogens (primary N) is 1. The highest BCUT2D eigenvalue weighted by atomic mass is 19.1. The van der Waals surface area contributed by atoms with Crippen molar-refractivity contribution in [3.8, 4) is 0 Å². The first-order valence-electron chi connectivity index (χ1n) is 6.15. The zero-order valence-electron chi connectivity index (χ0n) is 9.99. The summed E-state index contributed by atoms with van der Waals surface area (Å²) in [6, 6.07) is 5.24. The normalized spacial score (nSPS) is 32.5. The number of nitrogens with zero attached hydrogens (tertiary/aromatic N) is 1. The number of hydrogen-bond acceptors (Lipinski definition) is 3. The predicted octanol–water partition coefficient (Wildman–Crippen LogP) is 1.57. The molecule has 3 unspecified atom stereocenters. The van der Waals surface area contributed by atoms with Crippen LogP contribution in [0.1, 0.15) is 18.0 Å². The summed E-state index contributed by atoms with van der Waals surface area (Å²) in [5, 5.41) is 3.50. The van der Waals surface area contributed by atoms with Crippen molar-refractivity contribution in [1.29, 1.82) is 0 Å². The predicted molar refractivity (Wildman–Crippen MR) is 66.3 cm³/mol. The molecule has 1 aromatic carbocycles. The highest BCUT2D eigenvalue weighted by Crippen LogP contribution is 2.38. The summed E-state index contributed by atoms with van der Waals surface area (Å²) in [4.78, 5) is 2.30. The summed E-state index contributed by atoms with van der Waals surface area (Å²) >= 11 is 0. The lowest BCUT2D eigenvalue weighted by atomic mass is 9.79. The van der Waals surface area contributed by atoms with Crippen LogP contribution in [0, 0.1) is 11.7 Å². The Morgan fingerprint density at radius 2 is 2.29 bits per heavy atom. The van der Waals surface area contributed by atoms with Gasteiger partial charge in [-0.15, -0.1) is 0 Å². The van der Waals surface area contributed by atoms with E-state index in [1.807, 2.05) is 0 Å². The molecule has 4 heteroatoms. The smallest absolute Gasteiger partial charge is 0.123 e. The van der Waals surface area contributed by atoms with Crippen LogP contribution in [0.3, 0.4) is 0 Å². The molecular formula is C13H18FN3. The van der Waals surface area contributed by atoms with Crippen molar-refractivity contribution in [2.45, 2.75) is 18.5 Å². The van der Waals surface area contributed by atoms with Gasteiger partial charge in [0.25, 0.3) is 0 Å². The van der Waals surface area contributed by atoms with E-state index in [-0.39, 0.29) is 11.9 Å². The minimum absolute atomic E-state index is 0.0605. The van der Waals surface area contributed by atoms with Crippen LogP contribution in [-0.4, -0.2) is 31.1 Å². The molecule has 0 aromatic heterocycles. The Labute approximate surface area is 101 Å². The van der Waals surface area contributed by atoms with Crippen molar-refractivity contribution >= 4 is 5.69 Å². The zero-order chi connectivity index (χ0) is 12.0. The van der Waals surface area contributed by atoms with Crippen LogP contribution in [0.4, 0.5) is 10.1 Å². The van der Waals surface area contributed by atoms with E-state index in [0.29, 0.717) is 12.0 Å². The van der Waals surface area contributed by atoms with Crippen molar-refractivity contribution in [3.05, 3.63) is 29.6 Å². The van der Waals surface area contributed by atoms with Gasteiger partial charge >= 0.3 is 0 Å². The number of nitrogens with one attached hydrogen (secondary N) is 1. The van der Waals surface area contributed by atoms with Crippen LogP contribution >= 0.6 is 0 Å². The molecule has 0 amide bonds. The van der Waals surface area contributed by atoms with Gasteiger partial charge in [0, 0.05) is 30.2 Å². The van der Waals surface area contributed by atoms with E-state index in [9.17, 15) is 4.39 Å². The lowest BCUT2D eigenvalue weighted by Gasteiger charge is -2.44. The number of hydrogen-bond donors (Lipinski definition) is 2. The molecule has 0 saturated carbocycles. The number of halogens is 1. The molecular weight excluding hydrogens is 217 g/mol. The van der Waals surface area contributed by atoms with Crippen LogP contribution in [0.25, 0.3) is 0 Å². The third-order valence-corrected chi connectivity index (χ3v) is 4.04. The maximum absolute atomic E-state index is 13.3. The van der Waals surface area contributed by atoms with Crippen molar-refractivity contribution in [1.82, 2.24) is 4.90 Å². The van der Waals surface area contributed by atoms with Crippen LogP contribution < -0.4 is 11.1 Å². The van der Waals surface area contributed by atoms with E-state index in [1.54, 1.807) is 12.1 Å². The van der Waals surface area contributed by atoms with Gasteiger partial charge in [0.05, 0.1) is 0 Å². The van der Waals surface area contributed by atoms with Crippen molar-refractivity contribution in [2.24, 2.45) is 11.7 Å². The molecule has 0 radical (unpaired) electrons. The monoisotopic (exact) mass is 235 g/mol. The van der Waals surface area contributed by atoms with E-state index < -0.39 is 0 Å². The fourth-order valence-electron chi connectivity index (χ4n) is 3.07. The van der Waals surface area contributed by atoms with E-state index in [0.717, 1.165) is 30.8 Å². The largest absolute Gasteiger partial charge is 0.382 e. The first-order valence-corrected chi connectivity index (χ1v) is 6.15. The molecule has 1 saturated heterocycles. The Morgan fingerprint density at radius 3 is 3.12 bits per heavy atom. The van der Waals surface area contributed by atoms with Gasteiger partial charge in [0.2, 0.25) is 0 Å². The summed E-state index contributed by atoms with van der Waals surface area (Å²) in [5.74, 6) is 0.173. The van der Waals surface area contributed by atoms with Gasteiger partial charge in [-0.05, 0) is 43.8 Å². The molecule has 2 aliphatic heterocycles. The third kappa shape index (κ3) is 1.81. The molecule has 0 bridgehead atoms. The van der Waals surface area contributed by atoms with Gasteiger partial charge < -0.3 is 16.0 Å². The number of rotatable bonds is 0. The van der Waals surface area contributed by atoms with Crippen molar-refractivity contribution in [3.63, 3.8) is 0 Å². The second kappa shape index (κ2) is 3.96. The van der Waals surface area contributed by atoms with Crippen LogP contribution in [-0.2, 0) is 0 Å². The third-order valence-electron chi connectivity index (χ3n) is 4.04. The first kappa shape index (κ1) is 11.0. The lowest BCUT2D eigenvalue weighted by molar-refractivity contribution is 0.168. The Balaban J connectivity index is 1.96. The standard InChI is InChI=1S/C13H18FN3/c1-17-5-4-12-10(7-17)13(15)9-6-8(14)2-3-11(9)16-12/h2-3,6,10,12-13,16H,4-5,7,15H2,1H3. The number of benzene rings is 1. The maximum atomic E-state index is 13.3. The SMILES string of the molecule is CN1CCC2Nc3ccc(F)cc3C(N)C2C1. The van der Waals surface area contributed by atoms with E-state index in [1.165, 1.54) is 6.07 Å². The van der Waals surface area contributed by atoms with Gasteiger partial charge in [-0.2, -0.15) is 0 Å². The topological polar surface area (TPSA) is 41.3 Å². The van der Waals surface area contributed by atoms with Crippen molar-refractivity contribution in [2.75, 3.05) is 25.5 Å². The summed E-state index contributed by atoms with van der Waals surface area (Å²) < 4.78 is 13.3. The Morgan fingerprint density at radius 1 is 1.47 bits per heavy atom. The minimum Gasteiger partial charge on any atom is -0.382 e. The summed E-state index contributed by atoms with van der Waals surface area (Å²) in [6.07, 6.45) is 1.10. The molecule has 2 aliphatic rings. The average molecular weight is 235 g/mol. The Bertz CT molecular complexity index is 435. The summed E-state index contributed by atoms with van der Waals surface area (Å²) in [5.41, 5.74) is 8.22. The molecule has 1 fully saturated rings. The highest BCUT2D eigenvalue weighted by Gasteiger charge is 2.37. The number of anilines is 1. The molecule has 0 aliphatic carbocycles. The summed E-state index contributed by atoms with van der Waals surface area (Å²) in [6.45, 7) is 2.08. The maximum Gasteiger partial charge on any atom is 0.123 e. The zero-order valence-corrected chi connectivity index (χ0v) is 9.99. The van der Waals surface area contributed by atoms with Gasteiger partial charge in [-0.1, -0.05) is 0 Å². The molecule has 3 atom stereocenters. The van der Waals surface area contributed by atoms with Crippen LogP contribution in [0.2, 0.25) is 0 Å². The minimum atomic E-state index is -0.205. The second-order valence-electron chi connectivity index (χ2n) is 5.22. The van der Waals surface area contributed by atoms with Crippen LogP contribution in [0.5, 0.6) is 0 Å². The molecule has 0 spiro atoms. The van der Waals surface area contributed by atoms with Gasteiger partial charge in [-0.25, -0.2) is 4.39 Å². The fourth-order valence-corrected chi connectivity index (χ4v) is 3.07. The first-order chi connectivity index (χ1) is 8.15. The summed E-state index contributed by atoms with van der Waals surface area (Å²) in [7, 11) is 2.12. The molecule has 3 N–H and O–H groups in total. The van der Waals surface area contributed by atoms with E-state index in [2.05, 4.69) is 17.3 Å².